The number of aromatic hydroxyl groups is 1. The van der Waals surface area contributed by atoms with Crippen LogP contribution >= 0.6 is 0 Å². The molecule has 4 aliphatic rings. The predicted molar refractivity (Wildman–Crippen MR) is 141 cm³/mol. The van der Waals surface area contributed by atoms with E-state index < -0.39 is 17.6 Å². The highest BCUT2D eigenvalue weighted by molar-refractivity contribution is 5.94. The number of hydrogen-bond acceptors (Lipinski definition) is 5. The molecule has 0 aromatic heterocycles. The summed E-state index contributed by atoms with van der Waals surface area (Å²) >= 11 is 0. The fourth-order valence-electron chi connectivity index (χ4n) is 7.68. The molecule has 0 unspecified atom stereocenters. The van der Waals surface area contributed by atoms with Gasteiger partial charge in [0.1, 0.15) is 6.10 Å². The summed E-state index contributed by atoms with van der Waals surface area (Å²) in [4.78, 5) is 19.4. The fraction of sp³-hybridized carbons (Fsp3) is 0.500. The third kappa shape index (κ3) is 3.79. The Morgan fingerprint density at radius 1 is 1.18 bits per heavy atom. The molecule has 1 N–H and O–H groups in total. The van der Waals surface area contributed by atoms with E-state index in [4.69, 9.17) is 4.74 Å². The molecule has 1 saturated carbocycles. The topological polar surface area (TPSA) is 56.3 Å². The van der Waals surface area contributed by atoms with Crippen LogP contribution in [0.1, 0.15) is 41.5 Å². The van der Waals surface area contributed by atoms with Gasteiger partial charge in [0.25, 0.3) is 5.91 Å². The van der Waals surface area contributed by atoms with Gasteiger partial charge in [0.15, 0.2) is 11.5 Å². The van der Waals surface area contributed by atoms with Crippen molar-refractivity contribution in [1.82, 2.24) is 9.80 Å². The van der Waals surface area contributed by atoms with E-state index in [0.29, 0.717) is 23.3 Å². The lowest BCUT2D eigenvalue weighted by molar-refractivity contribution is -0.137. The molecule has 2 aliphatic heterocycles. The number of rotatable bonds is 2. The van der Waals surface area contributed by atoms with Gasteiger partial charge in [0, 0.05) is 61.4 Å². The van der Waals surface area contributed by atoms with Crippen molar-refractivity contribution in [3.05, 3.63) is 52.6 Å². The Labute approximate surface area is 226 Å². The van der Waals surface area contributed by atoms with Crippen LogP contribution < -0.4 is 9.64 Å². The quantitative estimate of drug-likeness (QED) is 0.585. The van der Waals surface area contributed by atoms with Crippen molar-refractivity contribution in [2.75, 3.05) is 39.6 Å². The minimum atomic E-state index is -4.42. The van der Waals surface area contributed by atoms with Crippen LogP contribution in [-0.2, 0) is 22.8 Å². The molecule has 2 aromatic rings. The second-order valence-corrected chi connectivity index (χ2v) is 11.6. The highest BCUT2D eigenvalue weighted by Gasteiger charge is 2.66. The maximum Gasteiger partial charge on any atom is 0.416 e. The lowest BCUT2D eigenvalue weighted by Crippen LogP contribution is -2.68. The Morgan fingerprint density at radius 2 is 1.90 bits per heavy atom. The highest BCUT2D eigenvalue weighted by Crippen LogP contribution is 2.65. The van der Waals surface area contributed by atoms with E-state index >= 15 is 0 Å². The summed E-state index contributed by atoms with van der Waals surface area (Å²) in [6, 6.07) is 6.38. The summed E-state index contributed by atoms with van der Waals surface area (Å²) in [5.74, 6) is 5.97. The zero-order valence-electron chi connectivity index (χ0n) is 22.5. The molecule has 6 rings (SSSR count). The van der Waals surface area contributed by atoms with Crippen LogP contribution in [0.2, 0.25) is 0 Å². The molecule has 0 radical (unpaired) electrons. The number of benzene rings is 2. The predicted octanol–water partition coefficient (Wildman–Crippen LogP) is 4.02. The number of likely N-dealkylation sites (tertiary alicyclic amines) is 1. The average molecular weight is 540 g/mol. The van der Waals surface area contributed by atoms with Crippen molar-refractivity contribution in [3.63, 3.8) is 0 Å². The van der Waals surface area contributed by atoms with Gasteiger partial charge in [-0.15, -0.1) is 0 Å². The lowest BCUT2D eigenvalue weighted by atomic mass is 9.51. The molecule has 2 fully saturated rings. The zero-order valence-corrected chi connectivity index (χ0v) is 22.5. The van der Waals surface area contributed by atoms with Crippen molar-refractivity contribution in [3.8, 4) is 23.3 Å². The zero-order chi connectivity index (χ0) is 27.9. The first-order chi connectivity index (χ1) is 18.4. The summed E-state index contributed by atoms with van der Waals surface area (Å²) in [5.41, 5.74) is 2.62. The maximum atomic E-state index is 13.3. The number of likely N-dealkylation sites (N-methyl/N-ethyl adjacent to an activating group) is 2. The second-order valence-electron chi connectivity index (χ2n) is 11.6. The van der Waals surface area contributed by atoms with Gasteiger partial charge in [0.05, 0.1) is 11.6 Å². The van der Waals surface area contributed by atoms with Crippen LogP contribution in [0, 0.1) is 17.8 Å². The van der Waals surface area contributed by atoms with Crippen LogP contribution in [0.3, 0.4) is 0 Å². The van der Waals surface area contributed by atoms with E-state index in [0.717, 1.165) is 55.6 Å². The molecule has 2 bridgehead atoms. The molecule has 5 atom stereocenters. The van der Waals surface area contributed by atoms with Gasteiger partial charge in [0.2, 0.25) is 0 Å². The summed E-state index contributed by atoms with van der Waals surface area (Å²) < 4.78 is 45.3. The third-order valence-corrected chi connectivity index (χ3v) is 9.49. The number of nitrogens with zero attached hydrogens (tertiary/aromatic N) is 3. The van der Waals surface area contributed by atoms with Crippen molar-refractivity contribution in [1.29, 1.82) is 0 Å². The molecule has 6 nitrogen and oxygen atoms in total. The van der Waals surface area contributed by atoms with Crippen molar-refractivity contribution < 1.29 is 27.8 Å². The van der Waals surface area contributed by atoms with Crippen LogP contribution in [-0.4, -0.2) is 73.7 Å². The summed E-state index contributed by atoms with van der Waals surface area (Å²) in [6.45, 7) is 0.908. The molecular formula is C30H32F3N3O3. The second kappa shape index (κ2) is 8.82. The number of anilines is 1. The highest BCUT2D eigenvalue weighted by atomic mass is 19.4. The number of carbonyl (C=O) groups is 1. The SMILES string of the molecule is CN(C)c1cc(O)c2c3c1C[C@@H]1[C@@H]4CC[C@H](N(C)C(=O)C#Cc5ccc(C(F)(F)F)cc5)[C@H](O2)[C@]34CCN1C. The maximum absolute atomic E-state index is 13.3. The minimum absolute atomic E-state index is 0.132. The number of amides is 1. The molecule has 9 heteroatoms. The number of phenols is 1. The van der Waals surface area contributed by atoms with Crippen LogP contribution in [0.15, 0.2) is 30.3 Å². The lowest BCUT2D eigenvalue weighted by Gasteiger charge is -2.60. The van der Waals surface area contributed by atoms with E-state index in [2.05, 4.69) is 23.8 Å². The number of halogens is 3. The molecule has 206 valence electrons. The smallest absolute Gasteiger partial charge is 0.416 e. The monoisotopic (exact) mass is 539 g/mol. The Bertz CT molecular complexity index is 1390. The number of ether oxygens (including phenoxy) is 1. The molecular weight excluding hydrogens is 507 g/mol. The Kier molecular flexibility index (Phi) is 5.85. The molecule has 39 heavy (non-hydrogen) atoms. The van der Waals surface area contributed by atoms with E-state index in [1.807, 2.05) is 19.0 Å². The average Bonchev–Trinajstić information content (AvgIpc) is 3.24. The molecule has 1 amide bonds. The van der Waals surface area contributed by atoms with Crippen molar-refractivity contribution in [2.24, 2.45) is 5.92 Å². The van der Waals surface area contributed by atoms with Crippen LogP contribution in [0.5, 0.6) is 11.5 Å². The normalized spacial score (nSPS) is 28.6. The molecule has 1 spiro atoms. The Hall–Kier alpha value is -3.38. The fourth-order valence-corrected chi connectivity index (χ4v) is 7.68. The Morgan fingerprint density at radius 3 is 2.56 bits per heavy atom. The molecule has 1 saturated heterocycles. The van der Waals surface area contributed by atoms with E-state index in [-0.39, 0.29) is 23.3 Å². The number of phenolic OH excluding ortho intramolecular Hbond substituents is 1. The number of alkyl halides is 3. The van der Waals surface area contributed by atoms with Crippen LogP contribution in [0.4, 0.5) is 18.9 Å². The molecule has 2 aromatic carbocycles. The van der Waals surface area contributed by atoms with Gasteiger partial charge in [-0.2, -0.15) is 13.2 Å². The van der Waals surface area contributed by atoms with Gasteiger partial charge in [-0.1, -0.05) is 5.92 Å². The summed E-state index contributed by atoms with van der Waals surface area (Å²) in [7, 11) is 7.88. The molecule has 2 aliphatic carbocycles. The first kappa shape index (κ1) is 25.9. The number of carbonyl (C=O) groups excluding carboxylic acids is 1. The number of hydrogen-bond donors (Lipinski definition) is 1. The van der Waals surface area contributed by atoms with E-state index in [1.54, 1.807) is 18.0 Å². The van der Waals surface area contributed by atoms with Gasteiger partial charge < -0.3 is 24.5 Å². The van der Waals surface area contributed by atoms with Crippen molar-refractivity contribution in [2.45, 2.75) is 55.5 Å². The third-order valence-electron chi connectivity index (χ3n) is 9.49. The minimum Gasteiger partial charge on any atom is -0.504 e. The first-order valence-corrected chi connectivity index (χ1v) is 13.3. The summed E-state index contributed by atoms with van der Waals surface area (Å²) in [6.07, 6.45) is -1.29. The van der Waals surface area contributed by atoms with Gasteiger partial charge in [-0.3, -0.25) is 4.79 Å². The summed E-state index contributed by atoms with van der Waals surface area (Å²) in [5, 5.41) is 11.1. The van der Waals surface area contributed by atoms with E-state index in [1.165, 1.54) is 17.7 Å². The van der Waals surface area contributed by atoms with Gasteiger partial charge in [-0.05, 0) is 75.0 Å². The van der Waals surface area contributed by atoms with Gasteiger partial charge in [-0.25, -0.2) is 0 Å². The van der Waals surface area contributed by atoms with E-state index in [9.17, 15) is 23.1 Å². The standard InChI is InChI=1S/C30H32F3N3O3/c1-34(2)22-16-24(37)27-26-19(22)15-23-20-10-11-21(28(39-27)29(20,26)13-14-35(23)3)36(4)25(38)12-7-17-5-8-18(9-6-17)30(31,32)33/h5-6,8-9,16,20-21,23,28,37H,10-11,13-15H2,1-4H3/t20-,21-,23+,28-,29-/m0/s1. The van der Waals surface area contributed by atoms with Crippen LogP contribution in [0.25, 0.3) is 0 Å². The molecule has 2 heterocycles. The number of piperidine rings is 1. The first-order valence-electron chi connectivity index (χ1n) is 13.3. The van der Waals surface area contributed by atoms with Crippen molar-refractivity contribution >= 4 is 11.6 Å². The largest absolute Gasteiger partial charge is 0.504 e. The Balaban J connectivity index is 1.34. The van der Waals surface area contributed by atoms with Gasteiger partial charge >= 0.3 is 6.18 Å².